The fraction of sp³-hybridized carbons (Fsp3) is 0.765. The summed E-state index contributed by atoms with van der Waals surface area (Å²) >= 11 is 0. The SMILES string of the molecule is CCOCC1CN(C(=O)NCc2c(C3CCC3)cnn2C)CCO1. The van der Waals surface area contributed by atoms with Crippen molar-refractivity contribution < 1.29 is 14.3 Å². The summed E-state index contributed by atoms with van der Waals surface area (Å²) in [4.78, 5) is 14.3. The molecule has 1 aromatic rings. The standard InChI is InChI=1S/C17H28N4O3/c1-3-23-12-14-11-21(7-8-24-14)17(22)18-10-16-15(9-19-20(16)2)13-5-4-6-13/h9,13-14H,3-8,10-12H2,1-2H3,(H,18,22). The Bertz CT molecular complexity index is 556. The molecule has 1 atom stereocenters. The number of aryl methyl sites for hydroxylation is 1. The van der Waals surface area contributed by atoms with Crippen LogP contribution < -0.4 is 5.32 Å². The largest absolute Gasteiger partial charge is 0.379 e. The molecular weight excluding hydrogens is 308 g/mol. The van der Waals surface area contributed by atoms with Gasteiger partial charge in [0.25, 0.3) is 0 Å². The number of rotatable bonds is 6. The maximum Gasteiger partial charge on any atom is 0.317 e. The number of hydrogen-bond donors (Lipinski definition) is 1. The van der Waals surface area contributed by atoms with E-state index in [0.717, 1.165) is 5.69 Å². The van der Waals surface area contributed by atoms with Gasteiger partial charge in [0.05, 0.1) is 44.3 Å². The number of aromatic nitrogens is 2. The number of nitrogens with zero attached hydrogens (tertiary/aromatic N) is 3. The van der Waals surface area contributed by atoms with Gasteiger partial charge in [0, 0.05) is 20.2 Å². The molecule has 0 aromatic carbocycles. The van der Waals surface area contributed by atoms with Gasteiger partial charge < -0.3 is 19.7 Å². The van der Waals surface area contributed by atoms with Gasteiger partial charge in [-0.15, -0.1) is 0 Å². The molecule has 2 aliphatic rings. The van der Waals surface area contributed by atoms with E-state index < -0.39 is 0 Å². The van der Waals surface area contributed by atoms with Crippen LogP contribution in [0.4, 0.5) is 4.79 Å². The summed E-state index contributed by atoms with van der Waals surface area (Å²) in [5, 5.41) is 7.42. The smallest absolute Gasteiger partial charge is 0.317 e. The van der Waals surface area contributed by atoms with Crippen LogP contribution in [0.25, 0.3) is 0 Å². The third-order valence-electron chi connectivity index (χ3n) is 4.98. The lowest BCUT2D eigenvalue weighted by molar-refractivity contribution is -0.0566. The van der Waals surface area contributed by atoms with Crippen molar-refractivity contribution in [2.45, 2.75) is 44.8 Å². The summed E-state index contributed by atoms with van der Waals surface area (Å²) < 4.78 is 12.9. The molecule has 2 amide bonds. The van der Waals surface area contributed by atoms with Crippen molar-refractivity contribution in [3.8, 4) is 0 Å². The molecular formula is C17H28N4O3. The molecule has 2 heterocycles. The number of carbonyl (C=O) groups is 1. The van der Waals surface area contributed by atoms with Gasteiger partial charge in [-0.1, -0.05) is 6.42 Å². The highest BCUT2D eigenvalue weighted by molar-refractivity contribution is 5.74. The topological polar surface area (TPSA) is 68.6 Å². The van der Waals surface area contributed by atoms with E-state index in [1.54, 1.807) is 0 Å². The van der Waals surface area contributed by atoms with Gasteiger partial charge in [-0.3, -0.25) is 4.68 Å². The van der Waals surface area contributed by atoms with Gasteiger partial charge in [0.2, 0.25) is 0 Å². The van der Waals surface area contributed by atoms with Gasteiger partial charge in [0.15, 0.2) is 0 Å². The molecule has 1 aromatic heterocycles. The van der Waals surface area contributed by atoms with Crippen LogP contribution in [0.2, 0.25) is 0 Å². The minimum absolute atomic E-state index is 0.0355. The molecule has 7 nitrogen and oxygen atoms in total. The number of ether oxygens (including phenoxy) is 2. The predicted molar refractivity (Wildman–Crippen MR) is 89.8 cm³/mol. The van der Waals surface area contributed by atoms with Crippen LogP contribution >= 0.6 is 0 Å². The van der Waals surface area contributed by atoms with Crippen LogP contribution in [0, 0.1) is 0 Å². The molecule has 24 heavy (non-hydrogen) atoms. The molecule has 0 bridgehead atoms. The van der Waals surface area contributed by atoms with Crippen molar-refractivity contribution in [2.24, 2.45) is 7.05 Å². The number of carbonyl (C=O) groups excluding carboxylic acids is 1. The van der Waals surface area contributed by atoms with Crippen LogP contribution in [0.3, 0.4) is 0 Å². The molecule has 0 spiro atoms. The van der Waals surface area contributed by atoms with E-state index in [4.69, 9.17) is 9.47 Å². The second-order valence-electron chi connectivity index (χ2n) is 6.56. The fourth-order valence-corrected chi connectivity index (χ4v) is 3.28. The van der Waals surface area contributed by atoms with Crippen molar-refractivity contribution >= 4 is 6.03 Å². The average molecular weight is 336 g/mol. The lowest BCUT2D eigenvalue weighted by atomic mass is 9.80. The van der Waals surface area contributed by atoms with Crippen LogP contribution in [-0.2, 0) is 23.1 Å². The predicted octanol–water partition coefficient (Wildman–Crippen LogP) is 1.63. The normalized spacial score (nSPS) is 21.6. The molecule has 2 fully saturated rings. The molecule has 7 heteroatoms. The Morgan fingerprint density at radius 3 is 3.04 bits per heavy atom. The van der Waals surface area contributed by atoms with Gasteiger partial charge in [-0.2, -0.15) is 5.10 Å². The summed E-state index contributed by atoms with van der Waals surface area (Å²) in [7, 11) is 1.94. The minimum Gasteiger partial charge on any atom is -0.379 e. The van der Waals surface area contributed by atoms with Crippen molar-refractivity contribution in [1.82, 2.24) is 20.0 Å². The minimum atomic E-state index is -0.0412. The molecule has 1 aliphatic heterocycles. The van der Waals surface area contributed by atoms with Gasteiger partial charge >= 0.3 is 6.03 Å². The summed E-state index contributed by atoms with van der Waals surface area (Å²) in [5.41, 5.74) is 2.41. The van der Waals surface area contributed by atoms with E-state index >= 15 is 0 Å². The van der Waals surface area contributed by atoms with E-state index in [1.165, 1.54) is 24.8 Å². The van der Waals surface area contributed by atoms with Crippen molar-refractivity contribution in [3.63, 3.8) is 0 Å². The number of morpholine rings is 1. The maximum absolute atomic E-state index is 12.5. The van der Waals surface area contributed by atoms with E-state index in [0.29, 0.717) is 45.4 Å². The average Bonchev–Trinajstić information content (AvgIpc) is 2.90. The Hall–Kier alpha value is -1.60. The Kier molecular flexibility index (Phi) is 5.73. The highest BCUT2D eigenvalue weighted by Crippen LogP contribution is 2.37. The first-order valence-electron chi connectivity index (χ1n) is 8.92. The quantitative estimate of drug-likeness (QED) is 0.857. The Morgan fingerprint density at radius 2 is 2.33 bits per heavy atom. The number of urea groups is 1. The zero-order chi connectivity index (χ0) is 16.9. The molecule has 1 unspecified atom stereocenters. The molecule has 1 saturated heterocycles. The lowest BCUT2D eigenvalue weighted by Crippen LogP contribution is -2.50. The van der Waals surface area contributed by atoms with Crippen LogP contribution in [0.5, 0.6) is 0 Å². The first-order valence-corrected chi connectivity index (χ1v) is 8.92. The summed E-state index contributed by atoms with van der Waals surface area (Å²) in [6.45, 7) is 5.44. The van der Waals surface area contributed by atoms with Crippen LogP contribution in [0.15, 0.2) is 6.20 Å². The number of hydrogen-bond acceptors (Lipinski definition) is 4. The molecule has 3 rings (SSSR count). The first-order chi connectivity index (χ1) is 11.7. The van der Waals surface area contributed by atoms with E-state index in [9.17, 15) is 4.79 Å². The first kappa shape index (κ1) is 17.2. The molecule has 134 valence electrons. The van der Waals surface area contributed by atoms with Gasteiger partial charge in [-0.25, -0.2) is 4.79 Å². The van der Waals surface area contributed by atoms with Crippen LogP contribution in [-0.4, -0.2) is 59.7 Å². The zero-order valence-electron chi connectivity index (χ0n) is 14.7. The van der Waals surface area contributed by atoms with Crippen LogP contribution in [0.1, 0.15) is 43.4 Å². The van der Waals surface area contributed by atoms with Gasteiger partial charge in [-0.05, 0) is 31.2 Å². The highest BCUT2D eigenvalue weighted by atomic mass is 16.5. The maximum atomic E-state index is 12.5. The number of nitrogens with one attached hydrogen (secondary N) is 1. The zero-order valence-corrected chi connectivity index (χ0v) is 14.7. The second-order valence-corrected chi connectivity index (χ2v) is 6.56. The Balaban J connectivity index is 1.53. The fourth-order valence-electron chi connectivity index (χ4n) is 3.28. The highest BCUT2D eigenvalue weighted by Gasteiger charge is 2.27. The van der Waals surface area contributed by atoms with E-state index in [-0.39, 0.29) is 12.1 Å². The molecule has 1 saturated carbocycles. The monoisotopic (exact) mass is 336 g/mol. The molecule has 0 radical (unpaired) electrons. The van der Waals surface area contributed by atoms with Crippen molar-refractivity contribution in [3.05, 3.63) is 17.5 Å². The third-order valence-corrected chi connectivity index (χ3v) is 4.98. The van der Waals surface area contributed by atoms with Crippen molar-refractivity contribution in [2.75, 3.05) is 32.9 Å². The lowest BCUT2D eigenvalue weighted by Gasteiger charge is -2.33. The molecule has 1 aliphatic carbocycles. The second kappa shape index (κ2) is 7.98. The molecule has 1 N–H and O–H groups in total. The summed E-state index contributed by atoms with van der Waals surface area (Å²) in [6, 6.07) is -0.0412. The Labute approximate surface area is 143 Å². The van der Waals surface area contributed by atoms with Gasteiger partial charge in [0.1, 0.15) is 0 Å². The summed E-state index contributed by atoms with van der Waals surface area (Å²) in [5.74, 6) is 0.615. The number of amides is 2. The summed E-state index contributed by atoms with van der Waals surface area (Å²) in [6.07, 6.45) is 5.68. The van der Waals surface area contributed by atoms with Crippen molar-refractivity contribution in [1.29, 1.82) is 0 Å². The Morgan fingerprint density at radius 1 is 1.50 bits per heavy atom. The third kappa shape index (κ3) is 3.89. The van der Waals surface area contributed by atoms with E-state index in [1.807, 2.05) is 29.7 Å². The van der Waals surface area contributed by atoms with E-state index in [2.05, 4.69) is 10.4 Å².